The van der Waals surface area contributed by atoms with Crippen LogP contribution in [-0.4, -0.2) is 41.0 Å². The molecule has 0 aliphatic heterocycles. The van der Waals surface area contributed by atoms with E-state index in [1.165, 1.54) is 0 Å². The lowest BCUT2D eigenvalue weighted by Crippen LogP contribution is -2.23. The predicted octanol–water partition coefficient (Wildman–Crippen LogP) is 3.27. The highest BCUT2D eigenvalue weighted by Crippen LogP contribution is 2.21. The molecule has 0 aliphatic rings. The van der Waals surface area contributed by atoms with E-state index < -0.39 is 5.76 Å². The maximum atomic E-state index is 12.9. The zero-order valence-electron chi connectivity index (χ0n) is 16.6. The first-order chi connectivity index (χ1) is 13.9. The van der Waals surface area contributed by atoms with Gasteiger partial charge in [-0.3, -0.25) is 14.3 Å². The first-order valence-electron chi connectivity index (χ1n) is 9.38. The van der Waals surface area contributed by atoms with Crippen LogP contribution in [0.4, 0.5) is 5.69 Å². The summed E-state index contributed by atoms with van der Waals surface area (Å²) in [6, 6.07) is 14.7. The number of aromatic nitrogens is 2. The number of carbonyl (C=O) groups excluding carboxylic acids is 1. The van der Waals surface area contributed by atoms with Crippen LogP contribution in [0.5, 0.6) is 0 Å². The molecule has 7 nitrogen and oxygen atoms in total. The van der Waals surface area contributed by atoms with Gasteiger partial charge in [-0.1, -0.05) is 18.2 Å². The number of pyridine rings is 1. The number of benzene rings is 2. The third kappa shape index (κ3) is 3.77. The summed E-state index contributed by atoms with van der Waals surface area (Å²) < 4.78 is 6.89. The molecule has 0 bridgehead atoms. The highest BCUT2D eigenvalue weighted by atomic mass is 16.4. The predicted molar refractivity (Wildman–Crippen MR) is 113 cm³/mol. The van der Waals surface area contributed by atoms with Crippen LogP contribution in [0.1, 0.15) is 16.1 Å². The zero-order chi connectivity index (χ0) is 20.5. The fourth-order valence-electron chi connectivity index (χ4n) is 3.29. The molecule has 0 spiro atoms. The monoisotopic (exact) mass is 390 g/mol. The van der Waals surface area contributed by atoms with Crippen molar-refractivity contribution in [1.82, 2.24) is 14.5 Å². The number of oxazole rings is 1. The number of nitrogens with one attached hydrogen (secondary N) is 1. The number of nitrogens with zero attached hydrogens (tertiary/aromatic N) is 3. The average molecular weight is 390 g/mol. The van der Waals surface area contributed by atoms with Gasteiger partial charge in [-0.15, -0.1) is 0 Å². The van der Waals surface area contributed by atoms with Crippen molar-refractivity contribution in [3.63, 3.8) is 0 Å². The highest BCUT2D eigenvalue weighted by Gasteiger charge is 2.14. The number of anilines is 1. The van der Waals surface area contributed by atoms with E-state index in [1.807, 2.05) is 56.3 Å². The molecule has 4 aromatic rings. The second-order valence-corrected chi connectivity index (χ2v) is 7.27. The Hall–Kier alpha value is -3.45. The van der Waals surface area contributed by atoms with Gasteiger partial charge in [0.25, 0.3) is 5.91 Å². The molecule has 0 fully saturated rings. The van der Waals surface area contributed by atoms with Crippen LogP contribution in [0, 0.1) is 6.92 Å². The fourth-order valence-corrected chi connectivity index (χ4v) is 3.29. The summed E-state index contributed by atoms with van der Waals surface area (Å²) in [5.74, 6) is -0.648. The van der Waals surface area contributed by atoms with Gasteiger partial charge >= 0.3 is 5.76 Å². The SMILES string of the molecule is Cc1nc2ccccc2cc1C(=O)Nc1ccc2oc(=O)n(CCN(C)C)c2c1. The van der Waals surface area contributed by atoms with Crippen molar-refractivity contribution < 1.29 is 9.21 Å². The van der Waals surface area contributed by atoms with E-state index in [0.717, 1.165) is 10.9 Å². The summed E-state index contributed by atoms with van der Waals surface area (Å²) in [4.78, 5) is 31.5. The Morgan fingerprint density at radius 2 is 1.97 bits per heavy atom. The van der Waals surface area contributed by atoms with Crippen LogP contribution in [0.2, 0.25) is 0 Å². The molecule has 7 heteroatoms. The lowest BCUT2D eigenvalue weighted by Gasteiger charge is -2.11. The van der Waals surface area contributed by atoms with E-state index in [1.54, 1.807) is 22.8 Å². The first-order valence-corrected chi connectivity index (χ1v) is 9.38. The fraction of sp³-hybridized carbons (Fsp3) is 0.227. The van der Waals surface area contributed by atoms with Crippen molar-refractivity contribution in [2.24, 2.45) is 0 Å². The molecule has 2 aromatic heterocycles. The molecule has 148 valence electrons. The van der Waals surface area contributed by atoms with Gasteiger partial charge in [0.2, 0.25) is 0 Å². The van der Waals surface area contributed by atoms with Gasteiger partial charge in [0, 0.05) is 24.2 Å². The molecule has 0 radical (unpaired) electrons. The Balaban J connectivity index is 1.65. The highest BCUT2D eigenvalue weighted by molar-refractivity contribution is 6.07. The van der Waals surface area contributed by atoms with Gasteiger partial charge in [0.1, 0.15) is 0 Å². The number of carbonyl (C=O) groups is 1. The molecule has 0 aliphatic carbocycles. The Morgan fingerprint density at radius 3 is 2.76 bits per heavy atom. The molecule has 0 saturated heterocycles. The quantitative estimate of drug-likeness (QED) is 0.566. The molecular formula is C22H22N4O3. The molecule has 4 rings (SSSR count). The van der Waals surface area contributed by atoms with Crippen molar-refractivity contribution in [1.29, 1.82) is 0 Å². The lowest BCUT2D eigenvalue weighted by atomic mass is 10.1. The van der Waals surface area contributed by atoms with Gasteiger partial charge in [0.05, 0.1) is 22.3 Å². The Bertz CT molecular complexity index is 1270. The van der Waals surface area contributed by atoms with E-state index in [0.29, 0.717) is 41.1 Å². The third-order valence-corrected chi connectivity index (χ3v) is 4.86. The van der Waals surface area contributed by atoms with Crippen LogP contribution in [0.25, 0.3) is 22.0 Å². The van der Waals surface area contributed by atoms with Crippen molar-refractivity contribution >= 4 is 33.6 Å². The van der Waals surface area contributed by atoms with Gasteiger partial charge in [0.15, 0.2) is 5.58 Å². The summed E-state index contributed by atoms with van der Waals surface area (Å²) in [6.45, 7) is 3.02. The molecule has 0 atom stereocenters. The van der Waals surface area contributed by atoms with E-state index in [9.17, 15) is 9.59 Å². The second kappa shape index (κ2) is 7.52. The maximum Gasteiger partial charge on any atom is 0.419 e. The molecule has 0 saturated carbocycles. The molecule has 2 heterocycles. The maximum absolute atomic E-state index is 12.9. The number of aryl methyl sites for hydroxylation is 1. The molecule has 2 aromatic carbocycles. The number of para-hydroxylation sites is 1. The summed E-state index contributed by atoms with van der Waals surface area (Å²) in [5.41, 5.74) is 3.77. The number of rotatable bonds is 5. The summed E-state index contributed by atoms with van der Waals surface area (Å²) in [6.07, 6.45) is 0. The van der Waals surface area contributed by atoms with Crippen LogP contribution in [0.15, 0.2) is 57.7 Å². The Morgan fingerprint density at radius 1 is 1.17 bits per heavy atom. The average Bonchev–Trinajstić information content (AvgIpc) is 3.00. The number of hydrogen-bond acceptors (Lipinski definition) is 5. The van der Waals surface area contributed by atoms with Gasteiger partial charge in [-0.2, -0.15) is 0 Å². The first kappa shape index (κ1) is 18.9. The van der Waals surface area contributed by atoms with Crippen molar-refractivity contribution in [3.8, 4) is 0 Å². The minimum absolute atomic E-state index is 0.245. The van der Waals surface area contributed by atoms with Gasteiger partial charge < -0.3 is 14.6 Å². The number of hydrogen-bond donors (Lipinski definition) is 1. The largest absolute Gasteiger partial charge is 0.419 e. The molecule has 29 heavy (non-hydrogen) atoms. The molecule has 1 N–H and O–H groups in total. The smallest absolute Gasteiger partial charge is 0.408 e. The standard InChI is InChI=1S/C22H22N4O3/c1-14-17(12-15-6-4-5-7-18(15)23-14)21(27)24-16-8-9-20-19(13-16)26(22(28)29-20)11-10-25(2)3/h4-9,12-13H,10-11H2,1-3H3,(H,24,27). The minimum atomic E-state index is -0.403. The second-order valence-electron chi connectivity index (χ2n) is 7.27. The van der Waals surface area contributed by atoms with Gasteiger partial charge in [-0.05, 0) is 51.4 Å². The van der Waals surface area contributed by atoms with E-state index in [4.69, 9.17) is 4.42 Å². The minimum Gasteiger partial charge on any atom is -0.408 e. The van der Waals surface area contributed by atoms with Crippen LogP contribution in [-0.2, 0) is 6.54 Å². The summed E-state index contributed by atoms with van der Waals surface area (Å²) in [5, 5.41) is 3.82. The zero-order valence-corrected chi connectivity index (χ0v) is 16.6. The van der Waals surface area contributed by atoms with Crippen LogP contribution >= 0.6 is 0 Å². The Labute approximate surface area is 167 Å². The van der Waals surface area contributed by atoms with E-state index in [-0.39, 0.29) is 5.91 Å². The normalized spacial score (nSPS) is 11.4. The molecule has 1 amide bonds. The molecule has 0 unspecified atom stereocenters. The third-order valence-electron chi connectivity index (χ3n) is 4.86. The topological polar surface area (TPSA) is 80.4 Å². The lowest BCUT2D eigenvalue weighted by molar-refractivity contribution is 0.102. The number of amides is 1. The van der Waals surface area contributed by atoms with E-state index in [2.05, 4.69) is 10.3 Å². The van der Waals surface area contributed by atoms with Crippen LogP contribution < -0.4 is 11.1 Å². The van der Waals surface area contributed by atoms with Crippen molar-refractivity contribution in [2.45, 2.75) is 13.5 Å². The van der Waals surface area contributed by atoms with E-state index >= 15 is 0 Å². The van der Waals surface area contributed by atoms with Crippen LogP contribution in [0.3, 0.4) is 0 Å². The number of fused-ring (bicyclic) bond motifs is 2. The van der Waals surface area contributed by atoms with Crippen molar-refractivity contribution in [3.05, 3.63) is 70.3 Å². The Kier molecular flexibility index (Phi) is 4.90. The summed E-state index contributed by atoms with van der Waals surface area (Å²) >= 11 is 0. The van der Waals surface area contributed by atoms with Crippen molar-refractivity contribution in [2.75, 3.05) is 26.0 Å². The summed E-state index contributed by atoms with van der Waals surface area (Å²) in [7, 11) is 3.89. The van der Waals surface area contributed by atoms with Gasteiger partial charge in [-0.25, -0.2) is 4.79 Å². The molecular weight excluding hydrogens is 368 g/mol. The number of likely N-dealkylation sites (N-methyl/N-ethyl adjacent to an activating group) is 1.